The maximum Gasteiger partial charge on any atom is 0.0998 e. The minimum absolute atomic E-state index is 0.520. The molecule has 0 atom stereocenters. The summed E-state index contributed by atoms with van der Waals surface area (Å²) in [6.07, 6.45) is 0. The molecule has 0 aliphatic heterocycles. The number of nitrogens with zero attached hydrogens (tertiary/aromatic N) is 5. The van der Waals surface area contributed by atoms with Gasteiger partial charge >= 0.3 is 0 Å². The fourth-order valence-electron chi connectivity index (χ4n) is 7.48. The van der Waals surface area contributed by atoms with Crippen LogP contribution in [-0.2, 0) is 0 Å². The summed E-state index contributed by atoms with van der Waals surface area (Å²) >= 11 is 0. The predicted molar refractivity (Wildman–Crippen MR) is 200 cm³/mol. The minimum atomic E-state index is 0.520. The van der Waals surface area contributed by atoms with Gasteiger partial charge in [0.15, 0.2) is 0 Å². The number of rotatable bonds is 4. The predicted octanol–water partition coefficient (Wildman–Crippen LogP) is 10.8. The number of aromatic nitrogens is 2. The van der Waals surface area contributed by atoms with Crippen LogP contribution in [0.3, 0.4) is 0 Å². The SMILES string of the molecule is N#Cc1ccc(-n2c3ccccc3c3cc(C#N)ccc32)c(-c2cccc(C#N)c2-c2ccc(-n3c4ccccc4c4ccccc43)cc2)c1. The molecule has 0 spiro atoms. The smallest absolute Gasteiger partial charge is 0.0998 e. The van der Waals surface area contributed by atoms with Gasteiger partial charge in [-0.3, -0.25) is 0 Å². The third-order valence-electron chi connectivity index (χ3n) is 9.64. The summed E-state index contributed by atoms with van der Waals surface area (Å²) in [6, 6.07) is 57.7. The molecule has 0 N–H and O–H groups in total. The Bertz CT molecular complexity index is 2900. The maximum atomic E-state index is 10.4. The van der Waals surface area contributed by atoms with Crippen LogP contribution < -0.4 is 0 Å². The van der Waals surface area contributed by atoms with Crippen LogP contribution in [0.1, 0.15) is 16.7 Å². The van der Waals surface area contributed by atoms with Crippen LogP contribution in [0.2, 0.25) is 0 Å². The molecule has 9 rings (SSSR count). The van der Waals surface area contributed by atoms with Gasteiger partial charge in [0.2, 0.25) is 0 Å². The van der Waals surface area contributed by atoms with E-state index in [9.17, 15) is 15.8 Å². The van der Waals surface area contributed by atoms with Gasteiger partial charge < -0.3 is 9.13 Å². The number of nitriles is 3. The van der Waals surface area contributed by atoms with Crippen LogP contribution in [0.5, 0.6) is 0 Å². The normalized spacial score (nSPS) is 11.1. The van der Waals surface area contributed by atoms with Gasteiger partial charge in [0.05, 0.1) is 62.7 Å². The van der Waals surface area contributed by atoms with E-state index >= 15 is 0 Å². The molecule has 0 saturated carbocycles. The Kier molecular flexibility index (Phi) is 6.56. The molecule has 0 saturated heterocycles. The van der Waals surface area contributed by atoms with E-state index in [4.69, 9.17) is 0 Å². The molecular weight excluding hydrogens is 611 g/mol. The average Bonchev–Trinajstić information content (AvgIpc) is 3.70. The molecule has 5 nitrogen and oxygen atoms in total. The summed E-state index contributed by atoms with van der Waals surface area (Å²) in [7, 11) is 0. The zero-order valence-corrected chi connectivity index (χ0v) is 26.7. The monoisotopic (exact) mass is 635 g/mol. The third kappa shape index (κ3) is 4.31. The molecule has 2 aromatic heterocycles. The van der Waals surface area contributed by atoms with E-state index in [0.717, 1.165) is 66.5 Å². The Balaban J connectivity index is 1.27. The van der Waals surface area contributed by atoms with Gasteiger partial charge in [0.1, 0.15) is 0 Å². The average molecular weight is 636 g/mol. The molecule has 0 amide bonds. The minimum Gasteiger partial charge on any atom is -0.309 e. The zero-order valence-electron chi connectivity index (χ0n) is 26.7. The molecular formula is C45H25N5. The van der Waals surface area contributed by atoms with Gasteiger partial charge in [0, 0.05) is 38.4 Å². The molecule has 50 heavy (non-hydrogen) atoms. The van der Waals surface area contributed by atoms with Crippen molar-refractivity contribution >= 4 is 43.6 Å². The largest absolute Gasteiger partial charge is 0.309 e. The molecule has 0 aliphatic rings. The van der Waals surface area contributed by atoms with E-state index in [0.29, 0.717) is 16.7 Å². The summed E-state index contributed by atoms with van der Waals surface area (Å²) in [5.41, 5.74) is 11.1. The van der Waals surface area contributed by atoms with Crippen molar-refractivity contribution in [3.8, 4) is 51.8 Å². The topological polar surface area (TPSA) is 81.2 Å². The number of benzene rings is 7. The lowest BCUT2D eigenvalue weighted by atomic mass is 9.89. The highest BCUT2D eigenvalue weighted by Crippen LogP contribution is 2.42. The molecule has 9 aromatic rings. The Morgan fingerprint density at radius 3 is 1.60 bits per heavy atom. The van der Waals surface area contributed by atoms with Crippen molar-refractivity contribution < 1.29 is 0 Å². The molecule has 0 radical (unpaired) electrons. The molecule has 7 aromatic carbocycles. The lowest BCUT2D eigenvalue weighted by Gasteiger charge is -2.18. The van der Waals surface area contributed by atoms with Crippen LogP contribution in [0.15, 0.2) is 152 Å². The first-order valence-corrected chi connectivity index (χ1v) is 16.3. The van der Waals surface area contributed by atoms with Crippen molar-refractivity contribution in [2.24, 2.45) is 0 Å². The van der Waals surface area contributed by atoms with Crippen LogP contribution >= 0.6 is 0 Å². The summed E-state index contributed by atoms with van der Waals surface area (Å²) in [5.74, 6) is 0. The molecule has 230 valence electrons. The Morgan fingerprint density at radius 2 is 0.960 bits per heavy atom. The number of fused-ring (bicyclic) bond motifs is 6. The summed E-state index contributed by atoms with van der Waals surface area (Å²) in [6.45, 7) is 0. The van der Waals surface area contributed by atoms with Crippen molar-refractivity contribution in [3.05, 3.63) is 168 Å². The number of hydrogen-bond acceptors (Lipinski definition) is 3. The second-order valence-corrected chi connectivity index (χ2v) is 12.3. The molecule has 2 heterocycles. The van der Waals surface area contributed by atoms with Crippen molar-refractivity contribution in [3.63, 3.8) is 0 Å². The van der Waals surface area contributed by atoms with E-state index in [1.165, 1.54) is 10.8 Å². The van der Waals surface area contributed by atoms with E-state index in [1.54, 1.807) is 0 Å². The standard InChI is InChI=1S/C45H25N5/c46-26-29-16-22-43-38(24-29)36-11-3-6-15-42(36)50(43)44-23-17-30(27-47)25-39(44)37-12-7-8-32(28-48)45(37)31-18-20-33(21-19-31)49-40-13-4-1-9-34(40)35-10-2-5-14-41(35)49/h1-25H. The number of hydrogen-bond donors (Lipinski definition) is 0. The highest BCUT2D eigenvalue weighted by molar-refractivity contribution is 6.11. The fourth-order valence-corrected chi connectivity index (χ4v) is 7.48. The van der Waals surface area contributed by atoms with E-state index in [-0.39, 0.29) is 0 Å². The highest BCUT2D eigenvalue weighted by atomic mass is 15.0. The van der Waals surface area contributed by atoms with Gasteiger partial charge in [0.25, 0.3) is 0 Å². The second-order valence-electron chi connectivity index (χ2n) is 12.3. The molecule has 5 heteroatoms. The Morgan fingerprint density at radius 1 is 0.400 bits per heavy atom. The summed E-state index contributed by atoms with van der Waals surface area (Å²) < 4.78 is 4.47. The van der Waals surface area contributed by atoms with Crippen LogP contribution in [0.25, 0.3) is 77.2 Å². The van der Waals surface area contributed by atoms with Crippen molar-refractivity contribution in [2.45, 2.75) is 0 Å². The first kappa shape index (κ1) is 28.8. The zero-order chi connectivity index (χ0) is 33.8. The van der Waals surface area contributed by atoms with E-state index < -0.39 is 0 Å². The van der Waals surface area contributed by atoms with Gasteiger partial charge in [-0.2, -0.15) is 15.8 Å². The second kappa shape index (κ2) is 11.4. The third-order valence-corrected chi connectivity index (χ3v) is 9.64. The van der Waals surface area contributed by atoms with Crippen molar-refractivity contribution in [2.75, 3.05) is 0 Å². The lowest BCUT2D eigenvalue weighted by Crippen LogP contribution is -2.00. The van der Waals surface area contributed by atoms with E-state index in [2.05, 4.69) is 112 Å². The maximum absolute atomic E-state index is 10.4. The van der Waals surface area contributed by atoms with E-state index in [1.807, 2.05) is 66.7 Å². The highest BCUT2D eigenvalue weighted by Gasteiger charge is 2.21. The van der Waals surface area contributed by atoms with Gasteiger partial charge in [-0.05, 0) is 83.9 Å². The Hall–Kier alpha value is -7.39. The van der Waals surface area contributed by atoms with Crippen molar-refractivity contribution in [1.29, 1.82) is 15.8 Å². The fraction of sp³-hybridized carbons (Fsp3) is 0. The van der Waals surface area contributed by atoms with Gasteiger partial charge in [-0.1, -0.05) is 78.9 Å². The lowest BCUT2D eigenvalue weighted by molar-refractivity contribution is 1.18. The molecule has 0 aliphatic carbocycles. The molecule has 0 unspecified atom stereocenters. The van der Waals surface area contributed by atoms with Crippen LogP contribution in [0, 0.1) is 34.0 Å². The quantitative estimate of drug-likeness (QED) is 0.193. The van der Waals surface area contributed by atoms with Crippen LogP contribution in [0.4, 0.5) is 0 Å². The van der Waals surface area contributed by atoms with Crippen molar-refractivity contribution in [1.82, 2.24) is 9.13 Å². The van der Waals surface area contributed by atoms with Crippen LogP contribution in [-0.4, -0.2) is 9.13 Å². The van der Waals surface area contributed by atoms with Gasteiger partial charge in [-0.15, -0.1) is 0 Å². The van der Waals surface area contributed by atoms with Gasteiger partial charge in [-0.25, -0.2) is 0 Å². The first-order chi connectivity index (χ1) is 24.7. The molecule has 0 bridgehead atoms. The first-order valence-electron chi connectivity index (χ1n) is 16.3. The summed E-state index contributed by atoms with van der Waals surface area (Å²) in [5, 5.41) is 34.6. The number of para-hydroxylation sites is 3. The Labute approximate surface area is 287 Å². The molecule has 0 fully saturated rings. The summed E-state index contributed by atoms with van der Waals surface area (Å²) in [4.78, 5) is 0.